The van der Waals surface area contributed by atoms with Gasteiger partial charge in [-0.2, -0.15) is 0 Å². The summed E-state index contributed by atoms with van der Waals surface area (Å²) in [6.07, 6.45) is 0.764. The first-order valence-electron chi connectivity index (χ1n) is 3.13. The van der Waals surface area contributed by atoms with Crippen LogP contribution in [0.2, 0.25) is 0 Å². The Morgan fingerprint density at radius 2 is 2.10 bits per heavy atom. The summed E-state index contributed by atoms with van der Waals surface area (Å²) in [5, 5.41) is 0. The molecule has 0 spiro atoms. The van der Waals surface area contributed by atoms with Crippen LogP contribution in [0, 0.1) is 13.8 Å². The molecule has 0 bridgehead atoms. The van der Waals surface area contributed by atoms with E-state index in [9.17, 15) is 4.79 Å². The van der Waals surface area contributed by atoms with Gasteiger partial charge in [0, 0.05) is 5.69 Å². The molecule has 0 aliphatic heterocycles. The first-order valence-corrected chi connectivity index (χ1v) is 3.13. The molecule has 1 aromatic heterocycles. The van der Waals surface area contributed by atoms with Crippen LogP contribution in [-0.2, 0) is 0 Å². The molecule has 0 saturated carbocycles. The molecule has 0 aliphatic rings. The van der Waals surface area contributed by atoms with Gasteiger partial charge in [0.1, 0.15) is 5.69 Å². The van der Waals surface area contributed by atoms with Gasteiger partial charge in [-0.15, -0.1) is 0 Å². The third kappa shape index (κ3) is 1.41. The number of pyridine rings is 1. The molecular formula is C8H9NO. The van der Waals surface area contributed by atoms with Crippen LogP contribution in [0.15, 0.2) is 12.1 Å². The fourth-order valence-corrected chi connectivity index (χ4v) is 0.933. The second-order valence-corrected chi connectivity index (χ2v) is 2.33. The van der Waals surface area contributed by atoms with Gasteiger partial charge in [-0.3, -0.25) is 9.78 Å². The average molecular weight is 135 g/mol. The summed E-state index contributed by atoms with van der Waals surface area (Å²) >= 11 is 0. The monoisotopic (exact) mass is 135 g/mol. The topological polar surface area (TPSA) is 30.0 Å². The van der Waals surface area contributed by atoms with Crippen LogP contribution in [0.3, 0.4) is 0 Å². The van der Waals surface area contributed by atoms with Gasteiger partial charge >= 0.3 is 0 Å². The molecule has 0 atom stereocenters. The minimum Gasteiger partial charge on any atom is -0.296 e. The summed E-state index contributed by atoms with van der Waals surface area (Å²) in [5.41, 5.74) is 2.48. The Hall–Kier alpha value is -1.18. The molecule has 0 saturated heterocycles. The smallest absolute Gasteiger partial charge is 0.168 e. The van der Waals surface area contributed by atoms with E-state index in [1.807, 2.05) is 19.9 Å². The fourth-order valence-electron chi connectivity index (χ4n) is 0.933. The molecule has 0 unspecified atom stereocenters. The highest BCUT2D eigenvalue weighted by atomic mass is 16.1. The molecular weight excluding hydrogens is 126 g/mol. The summed E-state index contributed by atoms with van der Waals surface area (Å²) in [6.45, 7) is 3.82. The van der Waals surface area contributed by atoms with Crippen LogP contribution >= 0.6 is 0 Å². The molecule has 2 heteroatoms. The van der Waals surface area contributed by atoms with Crippen molar-refractivity contribution in [3.05, 3.63) is 29.1 Å². The molecule has 0 radical (unpaired) electrons. The van der Waals surface area contributed by atoms with Crippen LogP contribution in [0.1, 0.15) is 21.7 Å². The molecule has 0 N–H and O–H groups in total. The van der Waals surface area contributed by atoms with E-state index >= 15 is 0 Å². The van der Waals surface area contributed by atoms with Crippen LogP contribution in [0.5, 0.6) is 0 Å². The molecule has 1 heterocycles. The van der Waals surface area contributed by atoms with Crippen molar-refractivity contribution in [1.29, 1.82) is 0 Å². The number of hydrogen-bond donors (Lipinski definition) is 0. The number of aldehydes is 1. The Balaban J connectivity index is 3.18. The minimum atomic E-state index is 0.512. The summed E-state index contributed by atoms with van der Waals surface area (Å²) in [6, 6.07) is 3.70. The Kier molecular flexibility index (Phi) is 1.81. The van der Waals surface area contributed by atoms with E-state index in [0.29, 0.717) is 5.69 Å². The second-order valence-electron chi connectivity index (χ2n) is 2.33. The zero-order valence-corrected chi connectivity index (χ0v) is 6.09. The van der Waals surface area contributed by atoms with Gasteiger partial charge in [0.25, 0.3) is 0 Å². The normalized spacial score (nSPS) is 9.40. The van der Waals surface area contributed by atoms with Crippen LogP contribution in [0.4, 0.5) is 0 Å². The highest BCUT2D eigenvalue weighted by Gasteiger charge is 1.93. The van der Waals surface area contributed by atoms with Gasteiger partial charge in [0.15, 0.2) is 6.29 Å². The standard InChI is InChI=1S/C8H9NO/c1-6-3-7(2)9-8(4-6)5-10/h3-5H,1-2H3. The maximum atomic E-state index is 10.2. The predicted molar refractivity (Wildman–Crippen MR) is 39.1 cm³/mol. The third-order valence-corrected chi connectivity index (χ3v) is 1.24. The third-order valence-electron chi connectivity index (χ3n) is 1.24. The molecule has 0 aromatic carbocycles. The lowest BCUT2D eigenvalue weighted by Crippen LogP contribution is -1.90. The number of aryl methyl sites for hydroxylation is 2. The Morgan fingerprint density at radius 3 is 2.60 bits per heavy atom. The van der Waals surface area contributed by atoms with Crippen LogP contribution in [-0.4, -0.2) is 11.3 Å². The van der Waals surface area contributed by atoms with E-state index in [1.165, 1.54) is 0 Å². The Morgan fingerprint density at radius 1 is 1.40 bits per heavy atom. The molecule has 0 aliphatic carbocycles. The molecule has 10 heavy (non-hydrogen) atoms. The molecule has 0 amide bonds. The first kappa shape index (κ1) is 6.93. The van der Waals surface area contributed by atoms with Crippen molar-refractivity contribution >= 4 is 6.29 Å². The Bertz CT molecular complexity index is 235. The summed E-state index contributed by atoms with van der Waals surface area (Å²) in [5.74, 6) is 0. The quantitative estimate of drug-likeness (QED) is 0.546. The van der Waals surface area contributed by atoms with E-state index in [2.05, 4.69) is 4.98 Å². The van der Waals surface area contributed by atoms with Crippen LogP contribution < -0.4 is 0 Å². The molecule has 0 fully saturated rings. The van der Waals surface area contributed by atoms with E-state index < -0.39 is 0 Å². The number of carbonyl (C=O) groups is 1. The average Bonchev–Trinajstić information content (AvgIpc) is 1.85. The maximum Gasteiger partial charge on any atom is 0.168 e. The Labute approximate surface area is 59.9 Å². The van der Waals surface area contributed by atoms with Crippen molar-refractivity contribution in [3.63, 3.8) is 0 Å². The number of rotatable bonds is 1. The molecule has 2 nitrogen and oxygen atoms in total. The van der Waals surface area contributed by atoms with E-state index in [4.69, 9.17) is 0 Å². The fraction of sp³-hybridized carbons (Fsp3) is 0.250. The van der Waals surface area contributed by atoms with Gasteiger partial charge < -0.3 is 0 Å². The lowest BCUT2D eigenvalue weighted by Gasteiger charge is -1.95. The van der Waals surface area contributed by atoms with E-state index in [1.54, 1.807) is 6.07 Å². The first-order chi connectivity index (χ1) is 4.72. The van der Waals surface area contributed by atoms with Crippen LogP contribution in [0.25, 0.3) is 0 Å². The summed E-state index contributed by atoms with van der Waals surface area (Å²) < 4.78 is 0. The largest absolute Gasteiger partial charge is 0.296 e. The highest BCUT2D eigenvalue weighted by molar-refractivity contribution is 5.71. The number of carbonyl (C=O) groups excluding carboxylic acids is 1. The van der Waals surface area contributed by atoms with Gasteiger partial charge in [-0.05, 0) is 31.5 Å². The van der Waals surface area contributed by atoms with Crippen molar-refractivity contribution in [2.45, 2.75) is 13.8 Å². The summed E-state index contributed by atoms with van der Waals surface area (Å²) in [4.78, 5) is 14.2. The molecule has 1 rings (SSSR count). The second kappa shape index (κ2) is 2.60. The van der Waals surface area contributed by atoms with E-state index in [0.717, 1.165) is 17.5 Å². The molecule has 1 aromatic rings. The number of nitrogens with zero attached hydrogens (tertiary/aromatic N) is 1. The lowest BCUT2D eigenvalue weighted by atomic mass is 10.2. The van der Waals surface area contributed by atoms with E-state index in [-0.39, 0.29) is 0 Å². The van der Waals surface area contributed by atoms with Gasteiger partial charge in [-0.25, -0.2) is 0 Å². The zero-order valence-electron chi connectivity index (χ0n) is 6.09. The SMILES string of the molecule is Cc1cc(C)nc(C=O)c1. The van der Waals surface area contributed by atoms with Gasteiger partial charge in [0.05, 0.1) is 0 Å². The van der Waals surface area contributed by atoms with Crippen molar-refractivity contribution < 1.29 is 4.79 Å². The maximum absolute atomic E-state index is 10.2. The van der Waals surface area contributed by atoms with Crippen molar-refractivity contribution in [1.82, 2.24) is 4.98 Å². The van der Waals surface area contributed by atoms with Gasteiger partial charge in [0.2, 0.25) is 0 Å². The van der Waals surface area contributed by atoms with Crippen molar-refractivity contribution in [2.24, 2.45) is 0 Å². The predicted octanol–water partition coefficient (Wildman–Crippen LogP) is 1.51. The summed E-state index contributed by atoms with van der Waals surface area (Å²) in [7, 11) is 0. The number of aromatic nitrogens is 1. The van der Waals surface area contributed by atoms with Crippen molar-refractivity contribution in [2.75, 3.05) is 0 Å². The minimum absolute atomic E-state index is 0.512. The lowest BCUT2D eigenvalue weighted by molar-refractivity contribution is 0.111. The number of hydrogen-bond acceptors (Lipinski definition) is 2. The van der Waals surface area contributed by atoms with Crippen molar-refractivity contribution in [3.8, 4) is 0 Å². The zero-order chi connectivity index (χ0) is 7.56. The highest BCUT2D eigenvalue weighted by Crippen LogP contribution is 2.01. The molecule has 52 valence electrons. The van der Waals surface area contributed by atoms with Gasteiger partial charge in [-0.1, -0.05) is 0 Å².